The monoisotopic (exact) mass is 613 g/mol. The van der Waals surface area contributed by atoms with Crippen molar-refractivity contribution in [1.82, 2.24) is 9.97 Å². The van der Waals surface area contributed by atoms with Gasteiger partial charge in [-0.3, -0.25) is 0 Å². The quantitative estimate of drug-likeness (QED) is 0.142. The molecule has 2 N–H and O–H groups in total. The number of benzene rings is 2. The first-order chi connectivity index (χ1) is 19.2. The summed E-state index contributed by atoms with van der Waals surface area (Å²) in [5.41, 5.74) is -7.29. The van der Waals surface area contributed by atoms with Gasteiger partial charge in [-0.25, -0.2) is 14.8 Å². The van der Waals surface area contributed by atoms with Crippen molar-refractivity contribution in [3.05, 3.63) is 77.3 Å². The minimum Gasteiger partial charge on any atom is -0.354 e. The summed E-state index contributed by atoms with van der Waals surface area (Å²) in [6, 6.07) is 11.3. The second-order valence-corrected chi connectivity index (χ2v) is 10.3. The van der Waals surface area contributed by atoms with Gasteiger partial charge < -0.3 is 14.8 Å². The van der Waals surface area contributed by atoms with E-state index < -0.39 is 44.8 Å². The van der Waals surface area contributed by atoms with Gasteiger partial charge in [0.15, 0.2) is 0 Å². The van der Waals surface area contributed by atoms with Gasteiger partial charge in [-0.2, -0.15) is 40.0 Å². The smallest absolute Gasteiger partial charge is 0.354 e. The number of rotatable bonds is 6. The molecule has 41 heavy (non-hydrogen) atoms. The van der Waals surface area contributed by atoms with Crippen LogP contribution in [0.25, 0.3) is 21.8 Å². The Hall–Kier alpha value is -4.69. The Bertz CT molecular complexity index is 1730. The standard InChI is InChI=1S/C24H13F6N5O4S2/c25-23(26,27)14-2-1-3-16(10-14)34-22(36)33-15-6-4-13(5-7-15)17-11-19(21-32-8-9-40-21)35-20(18(17)12-31)39-41(37,38)24(28,29)30/h1-11H,(H2,33,34,36). The highest BCUT2D eigenvalue weighted by molar-refractivity contribution is 7.88. The second-order valence-electron chi connectivity index (χ2n) is 7.90. The Morgan fingerprint density at radius 3 is 2.24 bits per heavy atom. The Labute approximate surface area is 231 Å². The van der Waals surface area contributed by atoms with Gasteiger partial charge in [0.25, 0.3) is 5.88 Å². The number of hydrogen-bond acceptors (Lipinski definition) is 8. The Kier molecular flexibility index (Phi) is 7.90. The van der Waals surface area contributed by atoms with E-state index >= 15 is 0 Å². The molecule has 0 aliphatic rings. The van der Waals surface area contributed by atoms with E-state index in [1.54, 1.807) is 6.07 Å². The van der Waals surface area contributed by atoms with Crippen LogP contribution >= 0.6 is 11.3 Å². The van der Waals surface area contributed by atoms with Gasteiger partial charge >= 0.3 is 27.8 Å². The SMILES string of the molecule is N#Cc1c(-c2ccc(NC(=O)Nc3cccc(C(F)(F)F)c3)cc2)cc(-c2nccs2)nc1OS(=O)(=O)C(F)(F)F. The topological polar surface area (TPSA) is 134 Å². The van der Waals surface area contributed by atoms with Crippen molar-refractivity contribution >= 4 is 38.9 Å². The molecule has 0 fully saturated rings. The number of nitrogens with one attached hydrogen (secondary N) is 2. The first-order valence-electron chi connectivity index (χ1n) is 10.9. The van der Waals surface area contributed by atoms with Crippen LogP contribution in [0, 0.1) is 11.3 Å². The number of nitriles is 1. The van der Waals surface area contributed by atoms with Crippen LogP contribution in [-0.2, 0) is 16.3 Å². The maximum absolute atomic E-state index is 13.0. The molecule has 0 saturated heterocycles. The van der Waals surface area contributed by atoms with Gasteiger partial charge in [-0.15, -0.1) is 11.3 Å². The van der Waals surface area contributed by atoms with Crippen LogP contribution in [0.3, 0.4) is 0 Å². The van der Waals surface area contributed by atoms with Crippen LogP contribution in [0.1, 0.15) is 11.1 Å². The number of nitrogens with zero attached hydrogens (tertiary/aromatic N) is 3. The number of alkyl halides is 6. The van der Waals surface area contributed by atoms with E-state index in [9.17, 15) is 44.8 Å². The van der Waals surface area contributed by atoms with Gasteiger partial charge in [0, 0.05) is 28.5 Å². The molecule has 2 amide bonds. The number of halogens is 6. The van der Waals surface area contributed by atoms with Gasteiger partial charge in [0.2, 0.25) is 0 Å². The zero-order valence-electron chi connectivity index (χ0n) is 19.9. The Morgan fingerprint density at radius 1 is 0.976 bits per heavy atom. The average molecular weight is 614 g/mol. The lowest BCUT2D eigenvalue weighted by Gasteiger charge is -2.14. The minimum absolute atomic E-state index is 0.0555. The van der Waals surface area contributed by atoms with Crippen molar-refractivity contribution in [3.63, 3.8) is 0 Å². The van der Waals surface area contributed by atoms with Crippen molar-refractivity contribution in [3.8, 4) is 33.8 Å². The lowest BCUT2D eigenvalue weighted by Crippen LogP contribution is -2.28. The lowest BCUT2D eigenvalue weighted by atomic mass is 10.0. The van der Waals surface area contributed by atoms with E-state index in [0.29, 0.717) is 0 Å². The number of amides is 2. The molecule has 9 nitrogen and oxygen atoms in total. The van der Waals surface area contributed by atoms with Crippen LogP contribution in [-0.4, -0.2) is 29.9 Å². The van der Waals surface area contributed by atoms with E-state index in [-0.39, 0.29) is 33.2 Å². The van der Waals surface area contributed by atoms with Crippen molar-refractivity contribution in [2.45, 2.75) is 11.7 Å². The molecule has 0 unspecified atom stereocenters. The summed E-state index contributed by atoms with van der Waals surface area (Å²) in [4.78, 5) is 20.1. The Morgan fingerprint density at radius 2 is 1.66 bits per heavy atom. The number of pyridine rings is 1. The third-order valence-corrected chi connectivity index (χ3v) is 6.86. The Balaban J connectivity index is 1.64. The number of urea groups is 1. The molecule has 2 aromatic carbocycles. The highest BCUT2D eigenvalue weighted by atomic mass is 32.2. The van der Waals surface area contributed by atoms with Crippen LogP contribution in [0.15, 0.2) is 66.2 Å². The summed E-state index contributed by atoms with van der Waals surface area (Å²) < 4.78 is 105. The molecule has 17 heteroatoms. The molecule has 212 valence electrons. The van der Waals surface area contributed by atoms with Crippen molar-refractivity contribution in [2.75, 3.05) is 10.6 Å². The zero-order valence-corrected chi connectivity index (χ0v) is 21.5. The van der Waals surface area contributed by atoms with E-state index in [0.717, 1.165) is 29.5 Å². The molecule has 0 bridgehead atoms. The molecule has 4 rings (SSSR count). The third-order valence-electron chi connectivity index (χ3n) is 5.12. The molecule has 0 radical (unpaired) electrons. The number of anilines is 2. The summed E-state index contributed by atoms with van der Waals surface area (Å²) in [5.74, 6) is -1.12. The van der Waals surface area contributed by atoms with Crippen LogP contribution in [0.4, 0.5) is 42.5 Å². The normalized spacial score (nSPS) is 11.9. The summed E-state index contributed by atoms with van der Waals surface area (Å²) in [5, 5.41) is 16.1. The summed E-state index contributed by atoms with van der Waals surface area (Å²) in [7, 11) is -6.17. The molecule has 0 atom stereocenters. The molecule has 2 heterocycles. The van der Waals surface area contributed by atoms with Gasteiger partial charge in [0.05, 0.1) is 5.56 Å². The molecule has 0 saturated carbocycles. The number of aromatic nitrogens is 2. The molecular formula is C24H13F6N5O4S2. The summed E-state index contributed by atoms with van der Waals surface area (Å²) in [6.07, 6.45) is -3.24. The highest BCUT2D eigenvalue weighted by Gasteiger charge is 2.49. The van der Waals surface area contributed by atoms with Crippen LogP contribution in [0.2, 0.25) is 0 Å². The molecule has 4 aromatic rings. The predicted octanol–water partition coefficient (Wildman–Crippen LogP) is 6.63. The van der Waals surface area contributed by atoms with Gasteiger partial charge in [-0.1, -0.05) is 18.2 Å². The molecule has 0 aliphatic carbocycles. The average Bonchev–Trinajstić information content (AvgIpc) is 3.43. The minimum atomic E-state index is -6.17. The second kappa shape index (κ2) is 11.1. The maximum Gasteiger partial charge on any atom is 0.534 e. The van der Waals surface area contributed by atoms with Crippen molar-refractivity contribution in [1.29, 1.82) is 5.26 Å². The van der Waals surface area contributed by atoms with Gasteiger partial charge in [0.1, 0.15) is 22.3 Å². The summed E-state index contributed by atoms with van der Waals surface area (Å²) >= 11 is 1.04. The van der Waals surface area contributed by atoms with E-state index in [4.69, 9.17) is 0 Å². The molecule has 2 aromatic heterocycles. The fourth-order valence-corrected chi connectivity index (χ4v) is 4.35. The first-order valence-corrected chi connectivity index (χ1v) is 13.2. The number of hydrogen-bond donors (Lipinski definition) is 2. The lowest BCUT2D eigenvalue weighted by molar-refractivity contribution is -0.137. The summed E-state index contributed by atoms with van der Waals surface area (Å²) in [6.45, 7) is 0. The molecule has 0 aliphatic heterocycles. The molecular weight excluding hydrogens is 600 g/mol. The van der Waals surface area contributed by atoms with Gasteiger partial charge in [-0.05, 0) is 42.0 Å². The maximum atomic E-state index is 13.0. The number of thiazole rings is 1. The fraction of sp³-hybridized carbons (Fsp3) is 0.0833. The third kappa shape index (κ3) is 6.73. The van der Waals surface area contributed by atoms with E-state index in [1.165, 1.54) is 48.0 Å². The predicted molar refractivity (Wildman–Crippen MR) is 135 cm³/mol. The van der Waals surface area contributed by atoms with Crippen LogP contribution in [0.5, 0.6) is 5.88 Å². The zero-order chi connectivity index (χ0) is 30.0. The number of carbonyl (C=O) groups is 1. The highest BCUT2D eigenvalue weighted by Crippen LogP contribution is 2.37. The van der Waals surface area contributed by atoms with Crippen molar-refractivity contribution < 1.29 is 43.7 Å². The van der Waals surface area contributed by atoms with Crippen molar-refractivity contribution in [2.24, 2.45) is 0 Å². The first kappa shape index (κ1) is 29.3. The fourth-order valence-electron chi connectivity index (χ4n) is 3.33. The molecule has 0 spiro atoms. The van der Waals surface area contributed by atoms with E-state index in [1.807, 2.05) is 0 Å². The number of carbonyl (C=O) groups excluding carboxylic acids is 1. The van der Waals surface area contributed by atoms with E-state index in [2.05, 4.69) is 24.8 Å². The van der Waals surface area contributed by atoms with Crippen LogP contribution < -0.4 is 14.8 Å². The largest absolute Gasteiger partial charge is 0.534 e.